The molecule has 1 saturated carbocycles. The van der Waals surface area contributed by atoms with Crippen LogP contribution in [0.2, 0.25) is 0 Å². The van der Waals surface area contributed by atoms with E-state index < -0.39 is 35.7 Å². The van der Waals surface area contributed by atoms with Crippen LogP contribution in [0.15, 0.2) is 48.7 Å². The summed E-state index contributed by atoms with van der Waals surface area (Å²) >= 11 is 0. The summed E-state index contributed by atoms with van der Waals surface area (Å²) in [5.41, 5.74) is 2.61. The summed E-state index contributed by atoms with van der Waals surface area (Å²) in [6.45, 7) is 3.64. The van der Waals surface area contributed by atoms with Gasteiger partial charge < -0.3 is 25.7 Å². The molecule has 1 aliphatic rings. The van der Waals surface area contributed by atoms with E-state index in [1.54, 1.807) is 20.0 Å². The lowest BCUT2D eigenvalue weighted by atomic mass is 9.66. The topological polar surface area (TPSA) is 136 Å². The molecule has 2 amide bonds. The second kappa shape index (κ2) is 10.5. The Morgan fingerprint density at radius 3 is 2.38 bits per heavy atom. The second-order valence-electron chi connectivity index (χ2n) is 10.9. The average Bonchev–Trinajstić information content (AvgIpc) is 3.59. The van der Waals surface area contributed by atoms with Crippen LogP contribution in [0.3, 0.4) is 0 Å². The van der Waals surface area contributed by atoms with E-state index in [0.29, 0.717) is 24.6 Å². The van der Waals surface area contributed by atoms with E-state index in [2.05, 4.69) is 30.6 Å². The number of nitrogens with zero attached hydrogens (tertiary/aromatic N) is 2. The van der Waals surface area contributed by atoms with Crippen LogP contribution >= 0.6 is 0 Å². The molecule has 1 aliphatic carbocycles. The Morgan fingerprint density at radius 1 is 1.00 bits per heavy atom. The number of aromatic nitrogens is 4. The minimum Gasteiger partial charge on any atom is -0.389 e. The molecule has 2 heterocycles. The number of imidazole rings is 2. The molecular weight excluding hydrogens is 518 g/mol. The first kappa shape index (κ1) is 27.4. The molecule has 40 heavy (non-hydrogen) atoms. The molecule has 5 rings (SSSR count). The molecule has 0 bridgehead atoms. The number of hydrogen-bond donors (Lipinski definition) is 5. The molecule has 0 spiro atoms. The van der Waals surface area contributed by atoms with Crippen molar-refractivity contribution < 1.29 is 23.5 Å². The summed E-state index contributed by atoms with van der Waals surface area (Å²) in [5, 5.41) is 16.4. The zero-order valence-corrected chi connectivity index (χ0v) is 22.4. The molecule has 0 saturated heterocycles. The number of fused-ring (bicyclic) bond motifs is 1. The number of aliphatic hydroxyl groups is 1. The monoisotopic (exact) mass is 550 g/mol. The number of rotatable bonds is 9. The molecule has 11 heteroatoms. The van der Waals surface area contributed by atoms with E-state index in [1.807, 2.05) is 42.5 Å². The van der Waals surface area contributed by atoms with Crippen molar-refractivity contribution in [2.75, 3.05) is 0 Å². The third-order valence-corrected chi connectivity index (χ3v) is 8.00. The van der Waals surface area contributed by atoms with Crippen LogP contribution in [0, 0.1) is 5.41 Å². The van der Waals surface area contributed by atoms with Gasteiger partial charge in [-0.1, -0.05) is 30.3 Å². The number of H-pyrrole nitrogens is 2. The zero-order valence-electron chi connectivity index (χ0n) is 22.4. The van der Waals surface area contributed by atoms with Crippen LogP contribution in [0.25, 0.3) is 33.4 Å². The summed E-state index contributed by atoms with van der Waals surface area (Å²) in [5.74, 6) is -1.99. The van der Waals surface area contributed by atoms with Gasteiger partial charge in [0, 0.05) is 12.8 Å². The summed E-state index contributed by atoms with van der Waals surface area (Å²) in [6, 6.07) is 13.8. The van der Waals surface area contributed by atoms with Gasteiger partial charge in [-0.25, -0.2) is 18.7 Å². The van der Waals surface area contributed by atoms with Crippen molar-refractivity contribution in [1.82, 2.24) is 30.6 Å². The fraction of sp³-hybridized carbons (Fsp3) is 0.379. The number of carbonyl (C=O) groups is 2. The molecule has 1 fully saturated rings. The Morgan fingerprint density at radius 2 is 1.68 bits per heavy atom. The maximum Gasteiger partial charge on any atom is 0.248 e. The smallest absolute Gasteiger partial charge is 0.248 e. The van der Waals surface area contributed by atoms with Crippen LogP contribution in [0.4, 0.5) is 8.78 Å². The summed E-state index contributed by atoms with van der Waals surface area (Å²) < 4.78 is 27.3. The summed E-state index contributed by atoms with van der Waals surface area (Å²) in [4.78, 5) is 38.7. The normalized spacial score (nSPS) is 16.5. The van der Waals surface area contributed by atoms with Crippen LogP contribution in [-0.4, -0.2) is 48.9 Å². The number of carbonyl (C=O) groups excluding carboxylic acids is 2. The lowest BCUT2D eigenvalue weighted by Gasteiger charge is -2.45. The molecule has 0 atom stereocenters. The van der Waals surface area contributed by atoms with E-state index in [0.717, 1.165) is 33.4 Å². The molecule has 0 aliphatic heterocycles. The van der Waals surface area contributed by atoms with Gasteiger partial charge in [0.1, 0.15) is 11.6 Å². The van der Waals surface area contributed by atoms with Gasteiger partial charge in [0.2, 0.25) is 18.2 Å². The molecule has 0 radical (unpaired) electrons. The van der Waals surface area contributed by atoms with E-state index in [-0.39, 0.29) is 19.4 Å². The lowest BCUT2D eigenvalue weighted by molar-refractivity contribution is -0.168. The van der Waals surface area contributed by atoms with Gasteiger partial charge in [-0.15, -0.1) is 0 Å². The minimum atomic E-state index is -2.80. The Labute approximate surface area is 229 Å². The molecular formula is C29H32F2N6O3. The molecule has 5 N–H and O–H groups in total. The highest BCUT2D eigenvalue weighted by molar-refractivity contribution is 5.84. The van der Waals surface area contributed by atoms with Crippen LogP contribution < -0.4 is 10.6 Å². The SMILES string of the molecule is CC(C)(C(=O)NCc1nc2ccc(-c3ccc(-c4cnc(CNC=O)[nH]4)cc3)cc2[nH]1)C1(O)CCC(F)(F)CC1. The van der Waals surface area contributed by atoms with Gasteiger partial charge in [-0.3, -0.25) is 9.59 Å². The molecule has 2 aromatic heterocycles. The van der Waals surface area contributed by atoms with Crippen molar-refractivity contribution >= 4 is 23.4 Å². The van der Waals surface area contributed by atoms with Crippen molar-refractivity contribution in [3.63, 3.8) is 0 Å². The molecule has 4 aromatic rings. The van der Waals surface area contributed by atoms with Crippen molar-refractivity contribution in [2.45, 2.75) is 64.1 Å². The van der Waals surface area contributed by atoms with Crippen LogP contribution in [0.1, 0.15) is 51.2 Å². The molecule has 2 aromatic carbocycles. The first-order chi connectivity index (χ1) is 19.0. The van der Waals surface area contributed by atoms with Crippen molar-refractivity contribution in [3.8, 4) is 22.4 Å². The van der Waals surface area contributed by atoms with Crippen molar-refractivity contribution in [2.24, 2.45) is 5.41 Å². The third kappa shape index (κ3) is 5.46. The Bertz CT molecular complexity index is 1520. The Balaban J connectivity index is 1.24. The summed E-state index contributed by atoms with van der Waals surface area (Å²) in [7, 11) is 0. The predicted octanol–water partition coefficient (Wildman–Crippen LogP) is 4.45. The Kier molecular flexibility index (Phi) is 7.17. The van der Waals surface area contributed by atoms with E-state index in [1.165, 1.54) is 0 Å². The van der Waals surface area contributed by atoms with Crippen LogP contribution in [0.5, 0.6) is 0 Å². The number of alkyl halides is 2. The standard InChI is InChI=1S/C29H32F2N6O3/c1-27(2,28(40)9-11-29(30,31)12-10-28)26(39)34-16-25-35-21-8-7-20(13-22(21)36-25)18-3-5-19(6-4-18)23-14-33-24(37-23)15-32-17-38/h3-8,13-14,17,40H,9-12,15-16H2,1-2H3,(H,32,38)(H,33,37)(H,34,39)(H,35,36). The zero-order chi connectivity index (χ0) is 28.5. The molecule has 9 nitrogen and oxygen atoms in total. The van der Waals surface area contributed by atoms with Gasteiger partial charge in [0.25, 0.3) is 0 Å². The van der Waals surface area contributed by atoms with Gasteiger partial charge in [-0.2, -0.15) is 0 Å². The molecule has 0 unspecified atom stereocenters. The van der Waals surface area contributed by atoms with Gasteiger partial charge in [-0.05, 0) is 55.5 Å². The fourth-order valence-corrected chi connectivity index (χ4v) is 5.16. The van der Waals surface area contributed by atoms with Crippen molar-refractivity contribution in [3.05, 3.63) is 60.3 Å². The number of benzene rings is 2. The Hall–Kier alpha value is -4.12. The van der Waals surface area contributed by atoms with Crippen LogP contribution in [-0.2, 0) is 22.7 Å². The van der Waals surface area contributed by atoms with E-state index >= 15 is 0 Å². The number of amides is 2. The maximum absolute atomic E-state index is 13.6. The molecule has 210 valence electrons. The number of nitrogens with one attached hydrogen (secondary N) is 4. The average molecular weight is 551 g/mol. The first-order valence-corrected chi connectivity index (χ1v) is 13.2. The highest BCUT2D eigenvalue weighted by Gasteiger charge is 2.53. The van der Waals surface area contributed by atoms with Gasteiger partial charge >= 0.3 is 0 Å². The highest BCUT2D eigenvalue weighted by atomic mass is 19.3. The maximum atomic E-state index is 13.6. The second-order valence-corrected chi connectivity index (χ2v) is 10.9. The first-order valence-electron chi connectivity index (χ1n) is 13.2. The predicted molar refractivity (Wildman–Crippen MR) is 146 cm³/mol. The summed E-state index contributed by atoms with van der Waals surface area (Å²) in [6.07, 6.45) is 1.23. The largest absolute Gasteiger partial charge is 0.389 e. The van der Waals surface area contributed by atoms with E-state index in [9.17, 15) is 23.5 Å². The third-order valence-electron chi connectivity index (χ3n) is 8.00. The fourth-order valence-electron chi connectivity index (χ4n) is 5.16. The number of hydrogen-bond acceptors (Lipinski definition) is 5. The number of aromatic amines is 2. The quantitative estimate of drug-likeness (QED) is 0.196. The van der Waals surface area contributed by atoms with Crippen molar-refractivity contribution in [1.29, 1.82) is 0 Å². The van der Waals surface area contributed by atoms with E-state index in [4.69, 9.17) is 0 Å². The van der Waals surface area contributed by atoms with Gasteiger partial charge in [0.15, 0.2) is 0 Å². The minimum absolute atomic E-state index is 0.113. The number of halogens is 2. The van der Waals surface area contributed by atoms with Gasteiger partial charge in [0.05, 0.1) is 47.0 Å². The lowest BCUT2D eigenvalue weighted by Crippen LogP contribution is -2.56. The highest BCUT2D eigenvalue weighted by Crippen LogP contribution is 2.47.